The van der Waals surface area contributed by atoms with E-state index in [0.717, 1.165) is 0 Å². The van der Waals surface area contributed by atoms with Gasteiger partial charge in [-0.25, -0.2) is 4.89 Å². The standard InChI is InChI=1S/C6H9O5.W/c1-3-6(7)9-5-11-10-4-8-2;/h1,4-5H2,2H3;/q-1;. The van der Waals surface area contributed by atoms with Crippen molar-refractivity contribution in [2.75, 3.05) is 20.7 Å². The molecular weight excluding hydrogens is 336 g/mol. The fourth-order valence-corrected chi connectivity index (χ4v) is 0.245. The molecule has 0 aromatic carbocycles. The number of esters is 1. The Morgan fingerprint density at radius 2 is 2.00 bits per heavy atom. The molecule has 0 rings (SSSR count). The van der Waals surface area contributed by atoms with E-state index in [-0.39, 0.29) is 34.7 Å². The topological polar surface area (TPSA) is 54.0 Å². The van der Waals surface area contributed by atoms with E-state index in [2.05, 4.69) is 25.8 Å². The number of ether oxygens (including phenoxy) is 2. The van der Waals surface area contributed by atoms with Crippen molar-refractivity contribution in [1.82, 2.24) is 0 Å². The molecule has 5 nitrogen and oxygen atoms in total. The Morgan fingerprint density at radius 1 is 1.42 bits per heavy atom. The van der Waals surface area contributed by atoms with Gasteiger partial charge in [-0.1, -0.05) is 0 Å². The van der Waals surface area contributed by atoms with Crippen molar-refractivity contribution in [3.05, 3.63) is 12.7 Å². The molecule has 0 atom stereocenters. The molecular formula is C6H9O5W-. The van der Waals surface area contributed by atoms with Gasteiger partial charge in [-0.05, 0) is 0 Å². The fraction of sp³-hybridized carbons (Fsp3) is 0.500. The predicted molar refractivity (Wildman–Crippen MR) is 33.9 cm³/mol. The van der Waals surface area contributed by atoms with Crippen molar-refractivity contribution < 1.29 is 45.1 Å². The molecule has 0 N–H and O–H groups in total. The van der Waals surface area contributed by atoms with E-state index in [9.17, 15) is 4.79 Å². The average Bonchev–Trinajstić information content (AvgIpc) is 2.04. The summed E-state index contributed by atoms with van der Waals surface area (Å²) in [4.78, 5) is 18.9. The van der Waals surface area contributed by atoms with E-state index in [4.69, 9.17) is 0 Å². The summed E-state index contributed by atoms with van der Waals surface area (Å²) in [5, 5.41) is 0. The quantitative estimate of drug-likeness (QED) is 0.129. The second-order valence-corrected chi connectivity index (χ2v) is 1.37. The van der Waals surface area contributed by atoms with Crippen LogP contribution in [0.3, 0.4) is 0 Å². The zero-order chi connectivity index (χ0) is 8.53. The Labute approximate surface area is 84.8 Å². The number of rotatable bonds is 6. The van der Waals surface area contributed by atoms with Gasteiger partial charge >= 0.3 is 0 Å². The fourth-order valence-electron chi connectivity index (χ4n) is 0.245. The van der Waals surface area contributed by atoms with Crippen molar-refractivity contribution in [2.45, 2.75) is 0 Å². The largest absolute Gasteiger partial charge is 0.461 e. The summed E-state index contributed by atoms with van der Waals surface area (Å²) >= 11 is 0. The van der Waals surface area contributed by atoms with E-state index in [1.165, 1.54) is 7.11 Å². The van der Waals surface area contributed by atoms with Gasteiger partial charge in [0.2, 0.25) is 6.79 Å². The first-order chi connectivity index (χ1) is 5.31. The van der Waals surface area contributed by atoms with Crippen LogP contribution in [0.5, 0.6) is 0 Å². The third-order valence-electron chi connectivity index (χ3n) is 0.632. The first-order valence-electron chi connectivity index (χ1n) is 2.74. The summed E-state index contributed by atoms with van der Waals surface area (Å²) in [5.41, 5.74) is 0. The molecule has 0 aliphatic carbocycles. The third kappa shape index (κ3) is 9.78. The van der Waals surface area contributed by atoms with Gasteiger partial charge in [-0.15, -0.1) is 0 Å². The van der Waals surface area contributed by atoms with Crippen LogP contribution < -0.4 is 0 Å². The summed E-state index contributed by atoms with van der Waals surface area (Å²) in [6.07, 6.45) is 1.98. The van der Waals surface area contributed by atoms with E-state index in [0.29, 0.717) is 0 Å². The molecule has 6 heteroatoms. The smallest absolute Gasteiger partial charge is 0.221 e. The van der Waals surface area contributed by atoms with Gasteiger partial charge in [-0.3, -0.25) is 11.4 Å². The van der Waals surface area contributed by atoms with Crippen LogP contribution in [-0.4, -0.2) is 26.7 Å². The van der Waals surface area contributed by atoms with Crippen LogP contribution in [0.2, 0.25) is 0 Å². The van der Waals surface area contributed by atoms with Gasteiger partial charge in [-0.2, -0.15) is 4.89 Å². The molecule has 0 radical (unpaired) electrons. The zero-order valence-electron chi connectivity index (χ0n) is 6.57. The van der Waals surface area contributed by atoms with Crippen molar-refractivity contribution >= 4 is 5.97 Å². The maximum Gasteiger partial charge on any atom is 0.221 e. The third-order valence-corrected chi connectivity index (χ3v) is 0.632. The minimum Gasteiger partial charge on any atom is -0.461 e. The minimum absolute atomic E-state index is 0. The summed E-state index contributed by atoms with van der Waals surface area (Å²) in [7, 11) is 1.44. The van der Waals surface area contributed by atoms with Crippen LogP contribution in [0, 0.1) is 6.08 Å². The van der Waals surface area contributed by atoms with Crippen LogP contribution in [0.25, 0.3) is 0 Å². The molecule has 0 unspecified atom stereocenters. The van der Waals surface area contributed by atoms with Gasteiger partial charge in [0.25, 0.3) is 0 Å². The first-order valence-corrected chi connectivity index (χ1v) is 2.74. The molecule has 0 heterocycles. The Bertz CT molecular complexity index is 127. The minimum atomic E-state index is -0.689. The van der Waals surface area contributed by atoms with Gasteiger partial charge < -0.3 is 15.5 Å². The Morgan fingerprint density at radius 3 is 2.50 bits per heavy atom. The van der Waals surface area contributed by atoms with E-state index in [1.807, 2.05) is 6.08 Å². The molecule has 0 aromatic rings. The second-order valence-electron chi connectivity index (χ2n) is 1.37. The molecule has 0 bridgehead atoms. The maximum atomic E-state index is 10.3. The zero-order valence-corrected chi connectivity index (χ0v) is 9.50. The molecule has 0 saturated carbocycles. The predicted octanol–water partition coefficient (Wildman–Crippen LogP) is 0.0259. The Kier molecular flexibility index (Phi) is 12.9. The number of methoxy groups -OCH3 is 1. The number of carbonyl (C=O) groups excluding carboxylic acids is 1. The molecule has 0 fully saturated rings. The van der Waals surface area contributed by atoms with E-state index in [1.54, 1.807) is 0 Å². The molecule has 0 aliphatic heterocycles. The van der Waals surface area contributed by atoms with Crippen LogP contribution in [0.4, 0.5) is 0 Å². The first kappa shape index (κ1) is 14.3. The average molecular weight is 345 g/mol. The second kappa shape index (κ2) is 10.8. The van der Waals surface area contributed by atoms with Crippen molar-refractivity contribution in [2.24, 2.45) is 0 Å². The van der Waals surface area contributed by atoms with Crippen LogP contribution in [-0.2, 0) is 45.1 Å². The van der Waals surface area contributed by atoms with Crippen LogP contribution in [0.15, 0.2) is 6.58 Å². The number of hydrogen-bond acceptors (Lipinski definition) is 5. The number of hydrogen-bond donors (Lipinski definition) is 0. The molecule has 0 spiro atoms. The van der Waals surface area contributed by atoms with E-state index >= 15 is 0 Å². The van der Waals surface area contributed by atoms with Crippen LogP contribution in [0.1, 0.15) is 0 Å². The van der Waals surface area contributed by atoms with Crippen molar-refractivity contribution in [3.63, 3.8) is 0 Å². The van der Waals surface area contributed by atoms with Crippen molar-refractivity contribution in [3.8, 4) is 0 Å². The summed E-state index contributed by atoms with van der Waals surface area (Å²) in [6.45, 7) is 2.74. The SMILES string of the molecule is C=[C-]C(=O)OCOOCOC.[W]. The molecule has 0 aromatic heterocycles. The Hall–Kier alpha value is -0.222. The van der Waals surface area contributed by atoms with E-state index < -0.39 is 5.97 Å². The summed E-state index contributed by atoms with van der Waals surface area (Å²) in [6, 6.07) is 0. The molecule has 0 aliphatic rings. The summed E-state index contributed by atoms with van der Waals surface area (Å²) < 4.78 is 8.78. The molecule has 0 amide bonds. The summed E-state index contributed by atoms with van der Waals surface area (Å²) in [5.74, 6) is -0.689. The Balaban J connectivity index is 0. The normalized spacial score (nSPS) is 8.42. The van der Waals surface area contributed by atoms with Gasteiger partial charge in [0.15, 0.2) is 12.8 Å². The van der Waals surface area contributed by atoms with Crippen LogP contribution >= 0.6 is 0 Å². The monoisotopic (exact) mass is 345 g/mol. The molecule has 70 valence electrons. The van der Waals surface area contributed by atoms with Gasteiger partial charge in [0, 0.05) is 28.2 Å². The van der Waals surface area contributed by atoms with Crippen molar-refractivity contribution in [1.29, 1.82) is 0 Å². The van der Waals surface area contributed by atoms with Gasteiger partial charge in [0.05, 0.1) is 0 Å². The van der Waals surface area contributed by atoms with Gasteiger partial charge in [0.1, 0.15) is 0 Å². The molecule has 12 heavy (non-hydrogen) atoms. The maximum absolute atomic E-state index is 10.3. The molecule has 0 saturated heterocycles. The number of carbonyl (C=O) groups is 1.